The summed E-state index contributed by atoms with van der Waals surface area (Å²) in [7, 11) is 0. The van der Waals surface area contributed by atoms with Crippen LogP contribution in [-0.4, -0.2) is 51.0 Å². The van der Waals surface area contributed by atoms with Gasteiger partial charge in [0.15, 0.2) is 0 Å². The van der Waals surface area contributed by atoms with E-state index in [1.54, 1.807) is 45.0 Å². The maximum absolute atomic E-state index is 12.4. The number of nitrogens with zero attached hydrogens (tertiary/aromatic N) is 2. The molecule has 9 nitrogen and oxygen atoms in total. The summed E-state index contributed by atoms with van der Waals surface area (Å²) in [6.07, 6.45) is 0.765. The molecule has 2 N–H and O–H groups in total. The standard InChI is InChI=1S/C18H26N2O7/c1-18(2,3)27-17(22)19-10-4-5-15(19)16(21)25-11-13-6-8-14(9-7-13)12-26-20(23)24/h6-9,15,23-24H,4-5,10-12H2,1-3H3. The molecule has 150 valence electrons. The average molecular weight is 382 g/mol. The fourth-order valence-corrected chi connectivity index (χ4v) is 2.67. The number of amides is 1. The van der Waals surface area contributed by atoms with Crippen molar-refractivity contribution in [2.45, 2.75) is 58.5 Å². The summed E-state index contributed by atoms with van der Waals surface area (Å²) >= 11 is 0. The molecule has 0 bridgehead atoms. The molecule has 0 spiro atoms. The maximum Gasteiger partial charge on any atom is 0.411 e. The minimum Gasteiger partial charge on any atom is -0.459 e. The number of hydrogen-bond donors (Lipinski definition) is 2. The van der Waals surface area contributed by atoms with Gasteiger partial charge in [-0.25, -0.2) is 14.4 Å². The molecule has 0 saturated carbocycles. The first-order valence-corrected chi connectivity index (χ1v) is 8.70. The third-order valence-corrected chi connectivity index (χ3v) is 3.90. The Labute approximate surface area is 157 Å². The van der Waals surface area contributed by atoms with Crippen molar-refractivity contribution in [3.05, 3.63) is 35.4 Å². The molecule has 1 amide bonds. The third kappa shape index (κ3) is 6.79. The molecule has 0 aromatic heterocycles. The Hall–Kier alpha value is -2.20. The summed E-state index contributed by atoms with van der Waals surface area (Å²) in [6, 6.07) is 6.29. The van der Waals surface area contributed by atoms with Crippen molar-refractivity contribution in [1.82, 2.24) is 10.3 Å². The van der Waals surface area contributed by atoms with Gasteiger partial charge in [0.2, 0.25) is 0 Å². The lowest BCUT2D eigenvalue weighted by Gasteiger charge is -2.27. The fraction of sp³-hybridized carbons (Fsp3) is 0.556. The molecule has 2 rings (SSSR count). The van der Waals surface area contributed by atoms with Crippen molar-refractivity contribution in [1.29, 1.82) is 0 Å². The van der Waals surface area contributed by atoms with Gasteiger partial charge in [0.05, 0.1) is 12.0 Å². The monoisotopic (exact) mass is 382 g/mol. The van der Waals surface area contributed by atoms with Crippen LogP contribution in [0, 0.1) is 0 Å². The Morgan fingerprint density at radius 1 is 1.15 bits per heavy atom. The van der Waals surface area contributed by atoms with Gasteiger partial charge in [0, 0.05) is 6.54 Å². The van der Waals surface area contributed by atoms with E-state index in [1.165, 1.54) is 4.90 Å². The summed E-state index contributed by atoms with van der Waals surface area (Å²) in [6.45, 7) is 5.87. The Morgan fingerprint density at radius 2 is 1.74 bits per heavy atom. The first kappa shape index (κ1) is 21.1. The highest BCUT2D eigenvalue weighted by Crippen LogP contribution is 2.22. The van der Waals surface area contributed by atoms with Gasteiger partial charge in [-0.15, -0.1) is 0 Å². The van der Waals surface area contributed by atoms with E-state index in [2.05, 4.69) is 4.84 Å². The normalized spacial score (nSPS) is 17.3. The molecular formula is C18H26N2O7. The summed E-state index contributed by atoms with van der Waals surface area (Å²) in [4.78, 5) is 30.6. The van der Waals surface area contributed by atoms with Crippen LogP contribution in [0.2, 0.25) is 0 Å². The molecular weight excluding hydrogens is 356 g/mol. The van der Waals surface area contributed by atoms with Crippen molar-refractivity contribution in [2.75, 3.05) is 6.54 Å². The second-order valence-corrected chi connectivity index (χ2v) is 7.28. The summed E-state index contributed by atoms with van der Waals surface area (Å²) < 4.78 is 10.7. The lowest BCUT2D eigenvalue weighted by molar-refractivity contribution is -0.497. The largest absolute Gasteiger partial charge is 0.459 e. The molecule has 1 aliphatic rings. The predicted octanol–water partition coefficient (Wildman–Crippen LogP) is 2.64. The van der Waals surface area contributed by atoms with Gasteiger partial charge >= 0.3 is 12.1 Å². The molecule has 1 fully saturated rings. The van der Waals surface area contributed by atoms with Crippen LogP contribution in [0.1, 0.15) is 44.7 Å². The van der Waals surface area contributed by atoms with Crippen molar-refractivity contribution in [3.63, 3.8) is 0 Å². The van der Waals surface area contributed by atoms with E-state index < -0.39 is 23.7 Å². The molecule has 1 heterocycles. The zero-order valence-electron chi connectivity index (χ0n) is 15.8. The molecule has 9 heteroatoms. The molecule has 1 aromatic rings. The van der Waals surface area contributed by atoms with E-state index in [4.69, 9.17) is 19.9 Å². The quantitative estimate of drug-likeness (QED) is 0.571. The number of carbonyl (C=O) groups is 2. The van der Waals surface area contributed by atoms with Crippen LogP contribution in [0.5, 0.6) is 0 Å². The highest BCUT2D eigenvalue weighted by atomic mass is 17.1. The van der Waals surface area contributed by atoms with Crippen molar-refractivity contribution in [3.8, 4) is 0 Å². The molecule has 0 radical (unpaired) electrons. The van der Waals surface area contributed by atoms with Crippen molar-refractivity contribution in [2.24, 2.45) is 0 Å². The van der Waals surface area contributed by atoms with Crippen LogP contribution >= 0.6 is 0 Å². The number of likely N-dealkylation sites (tertiary alicyclic amines) is 1. The second-order valence-electron chi connectivity index (χ2n) is 7.28. The lowest BCUT2D eigenvalue weighted by Crippen LogP contribution is -2.44. The Bertz CT molecular complexity index is 640. The summed E-state index contributed by atoms with van der Waals surface area (Å²) in [5.74, 6) is -0.457. The van der Waals surface area contributed by atoms with Crippen LogP contribution in [0.3, 0.4) is 0 Å². The summed E-state index contributed by atoms with van der Waals surface area (Å²) in [5, 5.41) is 16.7. The average Bonchev–Trinajstić information content (AvgIpc) is 3.07. The minimum atomic E-state index is -0.632. The second kappa shape index (κ2) is 9.14. The van der Waals surface area contributed by atoms with Crippen LogP contribution in [-0.2, 0) is 32.3 Å². The number of benzene rings is 1. The first-order valence-electron chi connectivity index (χ1n) is 8.70. The van der Waals surface area contributed by atoms with Gasteiger partial charge in [-0.1, -0.05) is 24.3 Å². The van der Waals surface area contributed by atoms with Crippen LogP contribution in [0.4, 0.5) is 4.79 Å². The molecule has 1 aromatic carbocycles. The third-order valence-electron chi connectivity index (χ3n) is 3.90. The maximum atomic E-state index is 12.4. The zero-order chi connectivity index (χ0) is 20.0. The molecule has 1 saturated heterocycles. The number of carbonyl (C=O) groups excluding carboxylic acids is 2. The number of hydrogen-bond acceptors (Lipinski definition) is 8. The topological polar surface area (TPSA) is 109 Å². The van der Waals surface area contributed by atoms with Gasteiger partial charge < -0.3 is 9.47 Å². The van der Waals surface area contributed by atoms with Gasteiger partial charge in [-0.05, 0) is 44.7 Å². The summed E-state index contributed by atoms with van der Waals surface area (Å²) in [5.41, 5.74) is 0.853. The van der Waals surface area contributed by atoms with E-state index in [9.17, 15) is 9.59 Å². The zero-order valence-corrected chi connectivity index (χ0v) is 15.8. The molecule has 1 unspecified atom stereocenters. The number of esters is 1. The Balaban J connectivity index is 1.86. The van der Waals surface area contributed by atoms with Crippen molar-refractivity contribution >= 4 is 12.1 Å². The van der Waals surface area contributed by atoms with Crippen molar-refractivity contribution < 1.29 is 34.3 Å². The smallest absolute Gasteiger partial charge is 0.411 e. The highest BCUT2D eigenvalue weighted by molar-refractivity contribution is 5.82. The molecule has 1 aliphatic heterocycles. The lowest BCUT2D eigenvalue weighted by atomic mass is 10.1. The van der Waals surface area contributed by atoms with Crippen LogP contribution in [0.15, 0.2) is 24.3 Å². The molecule has 1 atom stereocenters. The van der Waals surface area contributed by atoms with E-state index in [0.717, 1.165) is 12.0 Å². The number of ether oxygens (including phenoxy) is 2. The van der Waals surface area contributed by atoms with Crippen LogP contribution in [0.25, 0.3) is 0 Å². The first-order chi connectivity index (χ1) is 12.7. The van der Waals surface area contributed by atoms with Gasteiger partial charge in [0.25, 0.3) is 0 Å². The predicted molar refractivity (Wildman–Crippen MR) is 92.4 cm³/mol. The van der Waals surface area contributed by atoms with E-state index in [-0.39, 0.29) is 18.6 Å². The number of rotatable bonds is 6. The minimum absolute atomic E-state index is 0.0139. The van der Waals surface area contributed by atoms with E-state index in [0.29, 0.717) is 18.5 Å². The SMILES string of the molecule is CC(C)(C)OC(=O)N1CCCC1C(=O)OCc1ccc(CON(O)O)cc1. The van der Waals surface area contributed by atoms with Gasteiger partial charge in [-0.3, -0.25) is 15.3 Å². The molecule has 27 heavy (non-hydrogen) atoms. The highest BCUT2D eigenvalue weighted by Gasteiger charge is 2.37. The van der Waals surface area contributed by atoms with E-state index >= 15 is 0 Å². The Morgan fingerprint density at radius 3 is 2.30 bits per heavy atom. The fourth-order valence-electron chi connectivity index (χ4n) is 2.67. The Kier molecular flexibility index (Phi) is 7.14. The van der Waals surface area contributed by atoms with Gasteiger partial charge in [-0.2, -0.15) is 0 Å². The molecule has 0 aliphatic carbocycles. The van der Waals surface area contributed by atoms with Gasteiger partial charge in [0.1, 0.15) is 18.2 Å². The van der Waals surface area contributed by atoms with Crippen LogP contribution < -0.4 is 0 Å². The van der Waals surface area contributed by atoms with E-state index in [1.807, 2.05) is 0 Å².